The summed E-state index contributed by atoms with van der Waals surface area (Å²) < 4.78 is 6.06. The number of halogens is 1. The van der Waals surface area contributed by atoms with Gasteiger partial charge in [0.05, 0.1) is 18.8 Å². The molecular weight excluding hydrogens is 465 g/mol. The van der Waals surface area contributed by atoms with Crippen LogP contribution in [0.15, 0.2) is 47.7 Å². The standard InChI is InChI=1S/C21H29N5O.HI/c1-2-22-21(26-16-18-8-6-7-12-23-18)25-15-17-11-13-24-20(14-17)27-19-9-4-3-5-10-19;/h6-8,11-14,19H,2-5,9-10,15-16H2,1H3,(H2,22,25,26);1H. The zero-order valence-corrected chi connectivity index (χ0v) is 18.8. The van der Waals surface area contributed by atoms with Crippen molar-refractivity contribution in [2.24, 2.45) is 4.99 Å². The van der Waals surface area contributed by atoms with Crippen LogP contribution in [0, 0.1) is 0 Å². The molecule has 2 heterocycles. The van der Waals surface area contributed by atoms with Crippen molar-refractivity contribution in [2.45, 2.75) is 58.2 Å². The highest BCUT2D eigenvalue weighted by Crippen LogP contribution is 2.22. The van der Waals surface area contributed by atoms with Crippen LogP contribution in [0.2, 0.25) is 0 Å². The smallest absolute Gasteiger partial charge is 0.213 e. The van der Waals surface area contributed by atoms with Crippen LogP contribution in [0.3, 0.4) is 0 Å². The molecule has 6 nitrogen and oxygen atoms in total. The first kappa shape index (κ1) is 22.4. The van der Waals surface area contributed by atoms with Gasteiger partial charge in [0, 0.05) is 25.0 Å². The van der Waals surface area contributed by atoms with Crippen LogP contribution in [-0.4, -0.2) is 28.6 Å². The Bertz CT molecular complexity index is 720. The van der Waals surface area contributed by atoms with Crippen molar-refractivity contribution in [3.63, 3.8) is 0 Å². The summed E-state index contributed by atoms with van der Waals surface area (Å²) >= 11 is 0. The summed E-state index contributed by atoms with van der Waals surface area (Å²) in [5, 5.41) is 6.58. The van der Waals surface area contributed by atoms with Crippen LogP contribution in [0.25, 0.3) is 0 Å². The number of hydrogen-bond acceptors (Lipinski definition) is 4. The molecule has 1 aliphatic carbocycles. The van der Waals surface area contributed by atoms with E-state index in [1.165, 1.54) is 19.3 Å². The SMILES string of the molecule is CCNC(=NCc1ccnc(OC2CCCCC2)c1)NCc1ccccn1.I. The third-order valence-corrected chi connectivity index (χ3v) is 4.57. The zero-order valence-electron chi connectivity index (χ0n) is 16.4. The molecule has 2 aromatic rings. The van der Waals surface area contributed by atoms with Gasteiger partial charge in [-0.25, -0.2) is 9.98 Å². The summed E-state index contributed by atoms with van der Waals surface area (Å²) in [6, 6.07) is 9.88. The van der Waals surface area contributed by atoms with Crippen molar-refractivity contribution in [3.8, 4) is 5.88 Å². The number of nitrogens with one attached hydrogen (secondary N) is 2. The fourth-order valence-electron chi connectivity index (χ4n) is 3.16. The molecule has 2 aromatic heterocycles. The number of pyridine rings is 2. The molecule has 0 aliphatic heterocycles. The summed E-state index contributed by atoms with van der Waals surface area (Å²) in [6.45, 7) is 4.07. The molecule has 1 aliphatic rings. The third kappa shape index (κ3) is 7.61. The largest absolute Gasteiger partial charge is 0.474 e. The molecule has 7 heteroatoms. The zero-order chi connectivity index (χ0) is 18.7. The van der Waals surface area contributed by atoms with Gasteiger partial charge in [0.2, 0.25) is 5.88 Å². The van der Waals surface area contributed by atoms with Crippen LogP contribution >= 0.6 is 24.0 Å². The lowest BCUT2D eigenvalue weighted by Gasteiger charge is -2.22. The van der Waals surface area contributed by atoms with Crippen molar-refractivity contribution >= 4 is 29.9 Å². The van der Waals surface area contributed by atoms with Crippen LogP contribution < -0.4 is 15.4 Å². The maximum Gasteiger partial charge on any atom is 0.213 e. The van der Waals surface area contributed by atoms with Crippen molar-refractivity contribution in [1.29, 1.82) is 0 Å². The van der Waals surface area contributed by atoms with Gasteiger partial charge in [0.25, 0.3) is 0 Å². The van der Waals surface area contributed by atoms with E-state index in [4.69, 9.17) is 4.74 Å². The van der Waals surface area contributed by atoms with Crippen molar-refractivity contribution in [1.82, 2.24) is 20.6 Å². The van der Waals surface area contributed by atoms with Crippen LogP contribution in [0.5, 0.6) is 5.88 Å². The topological polar surface area (TPSA) is 71.4 Å². The average molecular weight is 495 g/mol. The first-order chi connectivity index (χ1) is 13.3. The van der Waals surface area contributed by atoms with E-state index in [1.54, 1.807) is 12.4 Å². The van der Waals surface area contributed by atoms with Gasteiger partial charge < -0.3 is 15.4 Å². The van der Waals surface area contributed by atoms with Crippen molar-refractivity contribution in [2.75, 3.05) is 6.54 Å². The molecular formula is C21H30IN5O. The second kappa shape index (κ2) is 12.5. The third-order valence-electron chi connectivity index (χ3n) is 4.57. The Balaban J connectivity index is 0.00000280. The van der Waals surface area contributed by atoms with Gasteiger partial charge in [-0.2, -0.15) is 0 Å². The molecule has 0 aromatic carbocycles. The number of aliphatic imine (C=N–C) groups is 1. The van der Waals surface area contributed by atoms with E-state index in [0.29, 0.717) is 25.1 Å². The summed E-state index contributed by atoms with van der Waals surface area (Å²) in [7, 11) is 0. The van der Waals surface area contributed by atoms with E-state index >= 15 is 0 Å². The summed E-state index contributed by atoms with van der Waals surface area (Å²) in [5.41, 5.74) is 2.07. The highest BCUT2D eigenvalue weighted by molar-refractivity contribution is 14.0. The highest BCUT2D eigenvalue weighted by atomic mass is 127. The maximum absolute atomic E-state index is 6.06. The molecule has 2 N–H and O–H groups in total. The fraction of sp³-hybridized carbons (Fsp3) is 0.476. The Morgan fingerprint density at radius 1 is 1.11 bits per heavy atom. The Kier molecular flexibility index (Phi) is 10.0. The molecule has 0 spiro atoms. The Labute approximate surface area is 184 Å². The Morgan fingerprint density at radius 3 is 2.71 bits per heavy atom. The molecule has 0 atom stereocenters. The highest BCUT2D eigenvalue weighted by Gasteiger charge is 2.15. The van der Waals surface area contributed by atoms with Crippen LogP contribution in [-0.2, 0) is 13.1 Å². The number of guanidine groups is 1. The monoisotopic (exact) mass is 495 g/mol. The van der Waals surface area contributed by atoms with Gasteiger partial charge in [0.1, 0.15) is 6.10 Å². The van der Waals surface area contributed by atoms with Crippen LogP contribution in [0.1, 0.15) is 50.3 Å². The van der Waals surface area contributed by atoms with Gasteiger partial charge in [-0.15, -0.1) is 24.0 Å². The van der Waals surface area contributed by atoms with Crippen molar-refractivity contribution < 1.29 is 4.74 Å². The molecule has 152 valence electrons. The minimum Gasteiger partial charge on any atom is -0.474 e. The fourth-order valence-corrected chi connectivity index (χ4v) is 3.16. The molecule has 0 saturated heterocycles. The lowest BCUT2D eigenvalue weighted by atomic mass is 9.98. The van der Waals surface area contributed by atoms with Crippen LogP contribution in [0.4, 0.5) is 0 Å². The molecule has 0 amide bonds. The van der Waals surface area contributed by atoms with E-state index in [9.17, 15) is 0 Å². The summed E-state index contributed by atoms with van der Waals surface area (Å²) in [6.07, 6.45) is 10.00. The summed E-state index contributed by atoms with van der Waals surface area (Å²) in [5.74, 6) is 1.48. The predicted octanol–water partition coefficient (Wildman–Crippen LogP) is 4.06. The van der Waals surface area contributed by atoms with Gasteiger partial charge in [-0.3, -0.25) is 4.98 Å². The van der Waals surface area contributed by atoms with Gasteiger partial charge in [-0.05, 0) is 56.4 Å². The van der Waals surface area contributed by atoms with Crippen molar-refractivity contribution in [3.05, 3.63) is 54.0 Å². The first-order valence-electron chi connectivity index (χ1n) is 9.87. The Morgan fingerprint density at radius 2 is 1.96 bits per heavy atom. The van der Waals surface area contributed by atoms with E-state index < -0.39 is 0 Å². The van der Waals surface area contributed by atoms with E-state index in [1.807, 2.05) is 30.3 Å². The normalized spacial score (nSPS) is 14.8. The number of nitrogens with zero attached hydrogens (tertiary/aromatic N) is 3. The minimum atomic E-state index is 0. The molecule has 28 heavy (non-hydrogen) atoms. The second-order valence-electron chi connectivity index (χ2n) is 6.75. The average Bonchev–Trinajstić information content (AvgIpc) is 2.72. The maximum atomic E-state index is 6.06. The first-order valence-corrected chi connectivity index (χ1v) is 9.87. The van der Waals surface area contributed by atoms with E-state index in [2.05, 4.69) is 32.5 Å². The number of rotatable bonds is 7. The van der Waals surface area contributed by atoms with E-state index in [-0.39, 0.29) is 24.0 Å². The second-order valence-corrected chi connectivity index (χ2v) is 6.75. The molecule has 0 radical (unpaired) electrons. The summed E-state index contributed by atoms with van der Waals surface area (Å²) in [4.78, 5) is 13.4. The molecule has 1 saturated carbocycles. The molecule has 0 bridgehead atoms. The van der Waals surface area contributed by atoms with E-state index in [0.717, 1.165) is 36.6 Å². The Hall–Kier alpha value is -1.90. The molecule has 1 fully saturated rings. The molecule has 3 rings (SSSR count). The quantitative estimate of drug-likeness (QED) is 0.345. The lowest BCUT2D eigenvalue weighted by Crippen LogP contribution is -2.37. The lowest BCUT2D eigenvalue weighted by molar-refractivity contribution is 0.148. The van der Waals surface area contributed by atoms with Gasteiger partial charge in [-0.1, -0.05) is 12.5 Å². The number of ether oxygens (including phenoxy) is 1. The number of aromatic nitrogens is 2. The predicted molar refractivity (Wildman–Crippen MR) is 123 cm³/mol. The minimum absolute atomic E-state index is 0. The van der Waals surface area contributed by atoms with Gasteiger partial charge >= 0.3 is 0 Å². The number of hydrogen-bond donors (Lipinski definition) is 2. The molecule has 0 unspecified atom stereocenters. The van der Waals surface area contributed by atoms with Gasteiger partial charge in [0.15, 0.2) is 5.96 Å².